The fraction of sp³-hybridized carbons (Fsp3) is 0.0769. The van der Waals surface area contributed by atoms with E-state index in [1.54, 1.807) is 16.8 Å². The van der Waals surface area contributed by atoms with E-state index in [0.29, 0.717) is 0 Å². The highest BCUT2D eigenvalue weighted by Gasteiger charge is 2.05. The van der Waals surface area contributed by atoms with Gasteiger partial charge in [0.2, 0.25) is 0 Å². The van der Waals surface area contributed by atoms with Gasteiger partial charge in [-0.15, -0.1) is 0 Å². The molecular formula is C13H11N3O. The molecule has 4 nitrogen and oxygen atoms in total. The standard InChI is InChI=1S/C13H11N3O/c1-9-2-4-10(5-3-9)11-8-14-12-6-7-13(17)15-16(11)12/h2-8H,1H3,(H,15,17). The number of aryl methyl sites for hydroxylation is 1. The van der Waals surface area contributed by atoms with E-state index in [1.165, 1.54) is 11.6 Å². The molecule has 2 aromatic heterocycles. The largest absolute Gasteiger partial charge is 0.268 e. The molecule has 1 aromatic carbocycles. The van der Waals surface area contributed by atoms with Crippen molar-refractivity contribution in [1.82, 2.24) is 14.6 Å². The Hall–Kier alpha value is -2.36. The van der Waals surface area contributed by atoms with Crippen molar-refractivity contribution in [3.63, 3.8) is 0 Å². The van der Waals surface area contributed by atoms with Gasteiger partial charge in [-0.25, -0.2) is 9.50 Å². The molecule has 0 atom stereocenters. The Morgan fingerprint density at radius 3 is 2.65 bits per heavy atom. The van der Waals surface area contributed by atoms with E-state index in [-0.39, 0.29) is 5.56 Å². The van der Waals surface area contributed by atoms with Crippen LogP contribution in [-0.4, -0.2) is 14.6 Å². The van der Waals surface area contributed by atoms with Gasteiger partial charge in [-0.3, -0.25) is 9.89 Å². The molecule has 0 aliphatic heterocycles. The molecule has 0 aliphatic carbocycles. The first kappa shape index (κ1) is 9.84. The number of imidazole rings is 1. The summed E-state index contributed by atoms with van der Waals surface area (Å²) >= 11 is 0. The maximum Gasteiger partial charge on any atom is 0.263 e. The van der Waals surface area contributed by atoms with Crippen LogP contribution in [0.25, 0.3) is 16.9 Å². The summed E-state index contributed by atoms with van der Waals surface area (Å²) in [6.07, 6.45) is 1.76. The summed E-state index contributed by atoms with van der Waals surface area (Å²) in [5.41, 5.74) is 3.72. The summed E-state index contributed by atoms with van der Waals surface area (Å²) in [6.45, 7) is 2.04. The molecular weight excluding hydrogens is 214 g/mol. The van der Waals surface area contributed by atoms with E-state index in [4.69, 9.17) is 0 Å². The van der Waals surface area contributed by atoms with Crippen LogP contribution in [0.1, 0.15) is 5.56 Å². The van der Waals surface area contributed by atoms with Crippen LogP contribution in [-0.2, 0) is 0 Å². The van der Waals surface area contributed by atoms with Crippen molar-refractivity contribution in [2.24, 2.45) is 0 Å². The molecule has 0 aliphatic rings. The molecule has 1 N–H and O–H groups in total. The number of benzene rings is 1. The van der Waals surface area contributed by atoms with Crippen LogP contribution in [0.3, 0.4) is 0 Å². The Kier molecular flexibility index (Phi) is 2.08. The minimum atomic E-state index is -0.135. The number of nitrogens with one attached hydrogen (secondary N) is 1. The van der Waals surface area contributed by atoms with Gasteiger partial charge in [0.1, 0.15) is 0 Å². The fourth-order valence-electron chi connectivity index (χ4n) is 1.83. The van der Waals surface area contributed by atoms with Crippen molar-refractivity contribution in [2.45, 2.75) is 6.92 Å². The third-order valence-corrected chi connectivity index (χ3v) is 2.74. The molecule has 0 spiro atoms. The lowest BCUT2D eigenvalue weighted by atomic mass is 10.1. The van der Waals surface area contributed by atoms with Crippen molar-refractivity contribution in [1.29, 1.82) is 0 Å². The maximum atomic E-state index is 11.3. The summed E-state index contributed by atoms with van der Waals surface area (Å²) in [4.78, 5) is 15.6. The predicted molar refractivity (Wildman–Crippen MR) is 66.0 cm³/mol. The molecule has 0 radical (unpaired) electrons. The fourth-order valence-corrected chi connectivity index (χ4v) is 1.83. The maximum absolute atomic E-state index is 11.3. The number of aromatic amines is 1. The monoisotopic (exact) mass is 225 g/mol. The summed E-state index contributed by atoms with van der Waals surface area (Å²) in [7, 11) is 0. The van der Waals surface area contributed by atoms with E-state index in [9.17, 15) is 4.79 Å². The normalized spacial score (nSPS) is 10.9. The number of hydrogen-bond acceptors (Lipinski definition) is 2. The van der Waals surface area contributed by atoms with Crippen LogP contribution in [0.4, 0.5) is 0 Å². The Morgan fingerprint density at radius 1 is 1.12 bits per heavy atom. The molecule has 0 saturated carbocycles. The van der Waals surface area contributed by atoms with E-state index >= 15 is 0 Å². The molecule has 0 fully saturated rings. The minimum absolute atomic E-state index is 0.135. The molecule has 0 unspecified atom stereocenters. The Labute approximate surface area is 97.5 Å². The molecule has 0 bridgehead atoms. The molecule has 0 amide bonds. The number of nitrogens with zero attached hydrogens (tertiary/aromatic N) is 2. The number of aromatic nitrogens is 3. The average Bonchev–Trinajstić information content (AvgIpc) is 2.73. The molecule has 84 valence electrons. The number of H-pyrrole nitrogens is 1. The third-order valence-electron chi connectivity index (χ3n) is 2.74. The lowest BCUT2D eigenvalue weighted by Crippen LogP contribution is -2.09. The van der Waals surface area contributed by atoms with Crippen LogP contribution in [0.15, 0.2) is 47.4 Å². The third kappa shape index (κ3) is 1.63. The summed E-state index contributed by atoms with van der Waals surface area (Å²) in [5.74, 6) is 0. The smallest absolute Gasteiger partial charge is 0.263 e. The highest BCUT2D eigenvalue weighted by Crippen LogP contribution is 2.19. The van der Waals surface area contributed by atoms with Gasteiger partial charge < -0.3 is 0 Å². The lowest BCUT2D eigenvalue weighted by molar-refractivity contribution is 0.911. The second-order valence-corrected chi connectivity index (χ2v) is 4.01. The van der Waals surface area contributed by atoms with E-state index in [1.807, 2.05) is 31.2 Å². The van der Waals surface area contributed by atoms with Crippen molar-refractivity contribution < 1.29 is 0 Å². The SMILES string of the molecule is Cc1ccc(-c2cnc3ccc(=O)[nH]n23)cc1. The second-order valence-electron chi connectivity index (χ2n) is 4.01. The average molecular weight is 225 g/mol. The van der Waals surface area contributed by atoms with Crippen LogP contribution in [0, 0.1) is 6.92 Å². The number of rotatable bonds is 1. The van der Waals surface area contributed by atoms with Gasteiger partial charge in [-0.1, -0.05) is 29.8 Å². The first-order chi connectivity index (χ1) is 8.24. The molecule has 3 rings (SSSR count). The van der Waals surface area contributed by atoms with Gasteiger partial charge in [0.15, 0.2) is 5.65 Å². The minimum Gasteiger partial charge on any atom is -0.268 e. The van der Waals surface area contributed by atoms with Crippen LogP contribution < -0.4 is 5.56 Å². The molecule has 3 aromatic rings. The van der Waals surface area contributed by atoms with Crippen molar-refractivity contribution >= 4 is 5.65 Å². The van der Waals surface area contributed by atoms with Gasteiger partial charge in [0, 0.05) is 11.6 Å². The lowest BCUT2D eigenvalue weighted by Gasteiger charge is -2.01. The zero-order valence-corrected chi connectivity index (χ0v) is 9.34. The quantitative estimate of drug-likeness (QED) is 0.688. The van der Waals surface area contributed by atoms with Gasteiger partial charge in [-0.05, 0) is 13.0 Å². The molecule has 17 heavy (non-hydrogen) atoms. The van der Waals surface area contributed by atoms with Gasteiger partial charge in [0.05, 0.1) is 11.9 Å². The molecule has 0 saturated heterocycles. The van der Waals surface area contributed by atoms with E-state index in [0.717, 1.165) is 16.9 Å². The van der Waals surface area contributed by atoms with Crippen LogP contribution in [0.2, 0.25) is 0 Å². The second kappa shape index (κ2) is 3.59. The Balaban J connectivity index is 2.27. The summed E-state index contributed by atoms with van der Waals surface area (Å²) in [6, 6.07) is 11.3. The van der Waals surface area contributed by atoms with Crippen LogP contribution >= 0.6 is 0 Å². The van der Waals surface area contributed by atoms with Crippen molar-refractivity contribution in [3.05, 3.63) is 58.5 Å². The van der Waals surface area contributed by atoms with E-state index < -0.39 is 0 Å². The van der Waals surface area contributed by atoms with Crippen molar-refractivity contribution in [2.75, 3.05) is 0 Å². The highest BCUT2D eigenvalue weighted by atomic mass is 16.1. The van der Waals surface area contributed by atoms with Gasteiger partial charge in [0.25, 0.3) is 5.56 Å². The predicted octanol–water partition coefficient (Wildman–Crippen LogP) is 2.00. The zero-order valence-electron chi connectivity index (χ0n) is 9.34. The number of hydrogen-bond donors (Lipinski definition) is 1. The van der Waals surface area contributed by atoms with Gasteiger partial charge >= 0.3 is 0 Å². The first-order valence-corrected chi connectivity index (χ1v) is 5.38. The Bertz CT molecular complexity index is 722. The first-order valence-electron chi connectivity index (χ1n) is 5.38. The Morgan fingerprint density at radius 2 is 1.88 bits per heavy atom. The topological polar surface area (TPSA) is 50.2 Å². The highest BCUT2D eigenvalue weighted by molar-refractivity contribution is 5.62. The molecule has 2 heterocycles. The van der Waals surface area contributed by atoms with Gasteiger partial charge in [-0.2, -0.15) is 0 Å². The van der Waals surface area contributed by atoms with E-state index in [2.05, 4.69) is 10.1 Å². The van der Waals surface area contributed by atoms with Crippen LogP contribution in [0.5, 0.6) is 0 Å². The summed E-state index contributed by atoms with van der Waals surface area (Å²) in [5, 5.41) is 2.75. The van der Waals surface area contributed by atoms with Crippen molar-refractivity contribution in [3.8, 4) is 11.3 Å². The summed E-state index contributed by atoms with van der Waals surface area (Å²) < 4.78 is 1.70. The number of fused-ring (bicyclic) bond motifs is 1. The zero-order chi connectivity index (χ0) is 11.8. The molecule has 4 heteroatoms.